The number of thiophene rings is 1. The van der Waals surface area contributed by atoms with Gasteiger partial charge < -0.3 is 14.4 Å². The first-order chi connectivity index (χ1) is 14.5. The number of halogens is 2. The summed E-state index contributed by atoms with van der Waals surface area (Å²) in [6.45, 7) is 0.554. The molecule has 0 radical (unpaired) electrons. The molecule has 1 saturated heterocycles. The maximum absolute atomic E-state index is 13.5. The third kappa shape index (κ3) is 4.50. The highest BCUT2D eigenvalue weighted by Crippen LogP contribution is 2.63. The number of benzene rings is 2. The SMILES string of the molecule is O=C(NC=Cc1ccccc1Cl)C(c1csc2ccc(Cl)cc12)P1(=O)OCCCO1. The standard InChI is InChI=1S/C21H18Cl2NO4PS/c22-15-6-7-19-16(12-15)17(13-30-19)20(29(26)27-10-3-11-28-29)21(25)24-9-8-14-4-1-2-5-18(14)23/h1-2,4-9,12-13,20H,3,10-11H2,(H,24,25). The predicted molar refractivity (Wildman–Crippen MR) is 122 cm³/mol. The van der Waals surface area contributed by atoms with Crippen molar-refractivity contribution in [2.75, 3.05) is 13.2 Å². The van der Waals surface area contributed by atoms with Crippen LogP contribution in [0, 0.1) is 0 Å². The second kappa shape index (κ2) is 9.23. The molecule has 0 aliphatic carbocycles. The molecule has 2 aromatic carbocycles. The predicted octanol–water partition coefficient (Wildman–Crippen LogP) is 6.67. The summed E-state index contributed by atoms with van der Waals surface area (Å²) in [7, 11) is -3.72. The number of nitrogens with one attached hydrogen (secondary N) is 1. The van der Waals surface area contributed by atoms with E-state index in [1.54, 1.807) is 24.3 Å². The van der Waals surface area contributed by atoms with Crippen molar-refractivity contribution < 1.29 is 18.4 Å². The number of rotatable bonds is 5. The highest BCUT2D eigenvalue weighted by molar-refractivity contribution is 7.55. The molecule has 1 aliphatic rings. The number of hydrogen-bond acceptors (Lipinski definition) is 5. The van der Waals surface area contributed by atoms with Crippen LogP contribution in [0.25, 0.3) is 16.2 Å². The van der Waals surface area contributed by atoms with Gasteiger partial charge in [0, 0.05) is 20.9 Å². The number of hydrogen-bond donors (Lipinski definition) is 1. The van der Waals surface area contributed by atoms with E-state index < -0.39 is 19.2 Å². The zero-order valence-electron chi connectivity index (χ0n) is 15.7. The molecule has 3 aromatic rings. The molecular formula is C21H18Cl2NO4PS. The minimum atomic E-state index is -3.72. The van der Waals surface area contributed by atoms with Crippen molar-refractivity contribution in [2.45, 2.75) is 12.1 Å². The van der Waals surface area contributed by atoms with Crippen LogP contribution in [0.2, 0.25) is 10.0 Å². The Morgan fingerprint density at radius 2 is 1.93 bits per heavy atom. The lowest BCUT2D eigenvalue weighted by Crippen LogP contribution is -2.28. The molecule has 1 fully saturated rings. The van der Waals surface area contributed by atoms with Crippen LogP contribution in [-0.4, -0.2) is 19.1 Å². The lowest BCUT2D eigenvalue weighted by atomic mass is 10.1. The summed E-state index contributed by atoms with van der Waals surface area (Å²) < 4.78 is 25.5. The van der Waals surface area contributed by atoms with Crippen LogP contribution in [-0.2, 0) is 18.4 Å². The Morgan fingerprint density at radius 3 is 2.70 bits per heavy atom. The van der Waals surface area contributed by atoms with Crippen molar-refractivity contribution in [3.8, 4) is 0 Å². The zero-order valence-corrected chi connectivity index (χ0v) is 18.9. The van der Waals surface area contributed by atoms with Gasteiger partial charge in [-0.15, -0.1) is 11.3 Å². The molecule has 156 valence electrons. The zero-order chi connectivity index (χ0) is 21.1. The molecule has 1 amide bonds. The van der Waals surface area contributed by atoms with Crippen LogP contribution < -0.4 is 5.32 Å². The minimum Gasteiger partial charge on any atom is -0.332 e. The first-order valence-electron chi connectivity index (χ1n) is 9.25. The van der Waals surface area contributed by atoms with Crippen LogP contribution in [0.4, 0.5) is 0 Å². The van der Waals surface area contributed by atoms with Gasteiger partial charge in [0.05, 0.1) is 13.2 Å². The highest BCUT2D eigenvalue weighted by Gasteiger charge is 2.45. The molecule has 4 rings (SSSR count). The average Bonchev–Trinajstić information content (AvgIpc) is 3.12. The fourth-order valence-electron chi connectivity index (χ4n) is 3.22. The van der Waals surface area contributed by atoms with E-state index in [0.29, 0.717) is 22.0 Å². The smallest absolute Gasteiger partial charge is 0.332 e. The lowest BCUT2D eigenvalue weighted by molar-refractivity contribution is -0.120. The summed E-state index contributed by atoms with van der Waals surface area (Å²) in [4.78, 5) is 13.2. The topological polar surface area (TPSA) is 64.6 Å². The monoisotopic (exact) mass is 481 g/mol. The number of amides is 1. The van der Waals surface area contributed by atoms with Gasteiger partial charge in [-0.1, -0.05) is 41.4 Å². The molecular weight excluding hydrogens is 464 g/mol. The molecule has 9 heteroatoms. The number of fused-ring (bicyclic) bond motifs is 1. The van der Waals surface area contributed by atoms with Crippen LogP contribution in [0.15, 0.2) is 54.0 Å². The molecule has 5 nitrogen and oxygen atoms in total. The lowest BCUT2D eigenvalue weighted by Gasteiger charge is -2.29. The molecule has 1 atom stereocenters. The molecule has 2 heterocycles. The van der Waals surface area contributed by atoms with Crippen molar-refractivity contribution in [3.05, 3.63) is 75.2 Å². The average molecular weight is 482 g/mol. The maximum atomic E-state index is 13.5. The van der Waals surface area contributed by atoms with E-state index in [2.05, 4.69) is 5.32 Å². The summed E-state index contributed by atoms with van der Waals surface area (Å²) in [5, 5.41) is 6.37. The Hall–Kier alpha value is -1.66. The van der Waals surface area contributed by atoms with Crippen molar-refractivity contribution in [1.82, 2.24) is 5.32 Å². The quantitative estimate of drug-likeness (QED) is 0.413. The van der Waals surface area contributed by atoms with Gasteiger partial charge in [-0.05, 0) is 58.7 Å². The molecule has 0 bridgehead atoms. The van der Waals surface area contributed by atoms with E-state index in [1.165, 1.54) is 17.5 Å². The first kappa shape index (κ1) is 21.6. The third-order valence-corrected chi connectivity index (χ3v) is 8.44. The van der Waals surface area contributed by atoms with Gasteiger partial charge >= 0.3 is 7.60 Å². The van der Waals surface area contributed by atoms with E-state index in [1.807, 2.05) is 29.6 Å². The van der Waals surface area contributed by atoms with Crippen LogP contribution in [0.5, 0.6) is 0 Å². The molecule has 30 heavy (non-hydrogen) atoms. The van der Waals surface area contributed by atoms with Crippen LogP contribution >= 0.6 is 42.1 Å². The van der Waals surface area contributed by atoms with Crippen LogP contribution in [0.1, 0.15) is 23.2 Å². The first-order valence-corrected chi connectivity index (χ1v) is 12.5. The molecule has 1 aliphatic heterocycles. The summed E-state index contributed by atoms with van der Waals surface area (Å²) in [6, 6.07) is 12.7. The Morgan fingerprint density at radius 1 is 1.17 bits per heavy atom. The van der Waals surface area contributed by atoms with Gasteiger partial charge in [-0.25, -0.2) is 0 Å². The summed E-state index contributed by atoms with van der Waals surface area (Å²) in [6.07, 6.45) is 3.79. The summed E-state index contributed by atoms with van der Waals surface area (Å²) >= 11 is 13.8. The second-order valence-electron chi connectivity index (χ2n) is 6.66. The van der Waals surface area contributed by atoms with Gasteiger partial charge in [0.2, 0.25) is 5.91 Å². The van der Waals surface area contributed by atoms with E-state index in [0.717, 1.165) is 15.6 Å². The fraction of sp³-hybridized carbons (Fsp3) is 0.190. The normalized spacial score (nSPS) is 17.3. The van der Waals surface area contributed by atoms with Crippen molar-refractivity contribution in [2.24, 2.45) is 0 Å². The Labute approximate surface area is 188 Å². The molecule has 0 spiro atoms. The van der Waals surface area contributed by atoms with E-state index in [9.17, 15) is 9.36 Å². The summed E-state index contributed by atoms with van der Waals surface area (Å²) in [5.74, 6) is -0.483. The minimum absolute atomic E-state index is 0.277. The van der Waals surface area contributed by atoms with E-state index >= 15 is 0 Å². The highest BCUT2D eigenvalue weighted by atomic mass is 35.5. The summed E-state index contributed by atoms with van der Waals surface area (Å²) in [5.41, 5.74) is 0.216. The van der Waals surface area contributed by atoms with Gasteiger partial charge in [0.25, 0.3) is 0 Å². The van der Waals surface area contributed by atoms with Gasteiger partial charge in [-0.3, -0.25) is 9.36 Å². The second-order valence-corrected chi connectivity index (χ2v) is 10.5. The van der Waals surface area contributed by atoms with E-state index in [-0.39, 0.29) is 13.2 Å². The fourth-order valence-corrected chi connectivity index (χ4v) is 6.71. The van der Waals surface area contributed by atoms with Gasteiger partial charge in [0.15, 0.2) is 5.66 Å². The van der Waals surface area contributed by atoms with Crippen molar-refractivity contribution in [1.29, 1.82) is 0 Å². The Bertz CT molecular complexity index is 1150. The largest absolute Gasteiger partial charge is 0.347 e. The Balaban J connectivity index is 1.68. The molecule has 1 N–H and O–H groups in total. The van der Waals surface area contributed by atoms with Crippen molar-refractivity contribution in [3.63, 3.8) is 0 Å². The van der Waals surface area contributed by atoms with Crippen LogP contribution in [0.3, 0.4) is 0 Å². The third-order valence-electron chi connectivity index (χ3n) is 4.65. The Kier molecular flexibility index (Phi) is 6.63. The number of carbonyl (C=O) groups is 1. The van der Waals surface area contributed by atoms with Gasteiger partial charge in [-0.2, -0.15) is 0 Å². The molecule has 0 saturated carbocycles. The molecule has 1 unspecified atom stereocenters. The maximum Gasteiger partial charge on any atom is 0.347 e. The molecule has 1 aromatic heterocycles. The van der Waals surface area contributed by atoms with Crippen molar-refractivity contribution >= 4 is 64.2 Å². The van der Waals surface area contributed by atoms with Gasteiger partial charge in [0.1, 0.15) is 0 Å². The van der Waals surface area contributed by atoms with E-state index in [4.69, 9.17) is 32.2 Å². The number of carbonyl (C=O) groups excluding carboxylic acids is 1.